The number of aryl methyl sites for hydroxylation is 4. The van der Waals surface area contributed by atoms with E-state index in [-0.39, 0.29) is 11.9 Å². The molecule has 0 saturated carbocycles. The van der Waals surface area contributed by atoms with Crippen LogP contribution in [-0.4, -0.2) is 25.9 Å². The molecule has 1 N–H and O–H groups in total. The fourth-order valence-corrected chi connectivity index (χ4v) is 2.48. The van der Waals surface area contributed by atoms with Gasteiger partial charge in [0.2, 0.25) is 5.89 Å². The van der Waals surface area contributed by atoms with E-state index in [0.29, 0.717) is 11.6 Å². The molecule has 2 aromatic heterocycles. The van der Waals surface area contributed by atoms with Gasteiger partial charge in [0.25, 0.3) is 5.91 Å². The minimum atomic E-state index is -0.376. The first-order chi connectivity index (χ1) is 10.9. The predicted octanol–water partition coefficient (Wildman–Crippen LogP) is 2.65. The number of benzene rings is 1. The van der Waals surface area contributed by atoms with Crippen molar-refractivity contribution in [3.05, 3.63) is 46.8 Å². The number of nitrogens with zero attached hydrogens (tertiary/aromatic N) is 4. The Morgan fingerprint density at radius 3 is 2.43 bits per heavy atom. The van der Waals surface area contributed by atoms with E-state index in [1.165, 1.54) is 0 Å². The SMILES string of the molecule is Cc1cc(C)cc(-c2nnc(NC(=O)c3nn(C)cc3C)o2)c1. The average Bonchev–Trinajstić information content (AvgIpc) is 3.04. The Balaban J connectivity index is 1.82. The lowest BCUT2D eigenvalue weighted by molar-refractivity contribution is 0.101. The molecule has 0 aliphatic heterocycles. The predicted molar refractivity (Wildman–Crippen MR) is 85.1 cm³/mol. The number of anilines is 1. The van der Waals surface area contributed by atoms with Crippen molar-refractivity contribution in [2.75, 3.05) is 5.32 Å². The summed E-state index contributed by atoms with van der Waals surface area (Å²) < 4.78 is 7.11. The van der Waals surface area contributed by atoms with Crippen LogP contribution in [0.25, 0.3) is 11.5 Å². The fraction of sp³-hybridized carbons (Fsp3) is 0.250. The van der Waals surface area contributed by atoms with Gasteiger partial charge in [0.05, 0.1) is 0 Å². The van der Waals surface area contributed by atoms with Gasteiger partial charge in [-0.05, 0) is 32.9 Å². The van der Waals surface area contributed by atoms with Crippen LogP contribution in [-0.2, 0) is 7.05 Å². The molecule has 7 heteroatoms. The summed E-state index contributed by atoms with van der Waals surface area (Å²) in [6, 6.07) is 6.02. The number of aromatic nitrogens is 4. The van der Waals surface area contributed by atoms with Crippen LogP contribution in [0.2, 0.25) is 0 Å². The van der Waals surface area contributed by atoms with Gasteiger partial charge in [-0.3, -0.25) is 14.8 Å². The fourth-order valence-electron chi connectivity index (χ4n) is 2.48. The number of hydrogen-bond acceptors (Lipinski definition) is 5. The topological polar surface area (TPSA) is 85.8 Å². The van der Waals surface area contributed by atoms with Crippen molar-refractivity contribution in [3.8, 4) is 11.5 Å². The highest BCUT2D eigenvalue weighted by Gasteiger charge is 2.17. The normalized spacial score (nSPS) is 10.8. The van der Waals surface area contributed by atoms with Gasteiger partial charge < -0.3 is 4.42 Å². The molecule has 7 nitrogen and oxygen atoms in total. The smallest absolute Gasteiger partial charge is 0.322 e. The largest absolute Gasteiger partial charge is 0.403 e. The molecule has 0 atom stereocenters. The van der Waals surface area contributed by atoms with E-state index in [1.54, 1.807) is 17.9 Å². The van der Waals surface area contributed by atoms with Crippen molar-refractivity contribution < 1.29 is 9.21 Å². The zero-order valence-corrected chi connectivity index (χ0v) is 13.4. The second-order valence-electron chi connectivity index (χ2n) is 5.58. The van der Waals surface area contributed by atoms with E-state index in [1.807, 2.05) is 32.9 Å². The molecule has 0 aliphatic rings. The zero-order valence-electron chi connectivity index (χ0n) is 13.4. The number of amides is 1. The van der Waals surface area contributed by atoms with Crippen LogP contribution in [0.4, 0.5) is 6.01 Å². The maximum Gasteiger partial charge on any atom is 0.322 e. The molecule has 1 amide bonds. The quantitative estimate of drug-likeness (QED) is 0.803. The molecular formula is C16H17N5O2. The first-order valence-electron chi connectivity index (χ1n) is 7.16. The lowest BCUT2D eigenvalue weighted by atomic mass is 10.1. The average molecular weight is 311 g/mol. The molecule has 2 heterocycles. The third kappa shape index (κ3) is 3.13. The van der Waals surface area contributed by atoms with Crippen LogP contribution in [0.3, 0.4) is 0 Å². The van der Waals surface area contributed by atoms with Crippen LogP contribution >= 0.6 is 0 Å². The van der Waals surface area contributed by atoms with Gasteiger partial charge in [0, 0.05) is 24.4 Å². The highest BCUT2D eigenvalue weighted by Crippen LogP contribution is 2.22. The number of rotatable bonds is 3. The number of nitrogens with one attached hydrogen (secondary N) is 1. The van der Waals surface area contributed by atoms with E-state index in [4.69, 9.17) is 4.42 Å². The van der Waals surface area contributed by atoms with E-state index in [2.05, 4.69) is 26.7 Å². The molecule has 0 spiro atoms. The number of carbonyl (C=O) groups excluding carboxylic acids is 1. The van der Waals surface area contributed by atoms with Crippen LogP contribution < -0.4 is 5.32 Å². The van der Waals surface area contributed by atoms with Crippen molar-refractivity contribution in [2.45, 2.75) is 20.8 Å². The van der Waals surface area contributed by atoms with E-state index in [0.717, 1.165) is 22.3 Å². The Kier molecular flexibility index (Phi) is 3.69. The van der Waals surface area contributed by atoms with Crippen molar-refractivity contribution >= 4 is 11.9 Å². The first kappa shape index (κ1) is 15.0. The van der Waals surface area contributed by atoms with Gasteiger partial charge in [0.1, 0.15) is 0 Å². The van der Waals surface area contributed by atoms with Gasteiger partial charge >= 0.3 is 6.01 Å². The molecule has 0 saturated heterocycles. The Labute approximate surface area is 133 Å². The van der Waals surface area contributed by atoms with Crippen LogP contribution in [0.15, 0.2) is 28.8 Å². The third-order valence-corrected chi connectivity index (χ3v) is 3.34. The molecule has 0 bridgehead atoms. The molecule has 0 unspecified atom stereocenters. The minimum absolute atomic E-state index is 0.0502. The number of carbonyl (C=O) groups is 1. The molecule has 0 fully saturated rings. The lowest BCUT2D eigenvalue weighted by Gasteiger charge is -2.00. The summed E-state index contributed by atoms with van der Waals surface area (Å²) in [5.74, 6) is -0.0106. The molecule has 0 aliphatic carbocycles. The molecule has 3 rings (SSSR count). The van der Waals surface area contributed by atoms with Crippen LogP contribution in [0, 0.1) is 20.8 Å². The summed E-state index contributed by atoms with van der Waals surface area (Å²) in [6.07, 6.45) is 1.77. The van der Waals surface area contributed by atoms with E-state index in [9.17, 15) is 4.79 Å². The molecule has 1 aromatic carbocycles. The first-order valence-corrected chi connectivity index (χ1v) is 7.16. The standard InChI is InChI=1S/C16H17N5O2/c1-9-5-10(2)7-12(6-9)15-18-19-16(23-15)17-14(22)13-11(3)8-21(4)20-13/h5-8H,1-4H3,(H,17,19,22). The summed E-state index contributed by atoms with van der Waals surface area (Å²) in [4.78, 5) is 12.2. The Morgan fingerprint density at radius 2 is 1.83 bits per heavy atom. The second-order valence-corrected chi connectivity index (χ2v) is 5.58. The van der Waals surface area contributed by atoms with Crippen molar-refractivity contribution in [1.82, 2.24) is 20.0 Å². The Morgan fingerprint density at radius 1 is 1.13 bits per heavy atom. The van der Waals surface area contributed by atoms with Gasteiger partial charge in [0.15, 0.2) is 5.69 Å². The molecular weight excluding hydrogens is 294 g/mol. The molecule has 118 valence electrons. The Bertz CT molecular complexity index is 858. The summed E-state index contributed by atoms with van der Waals surface area (Å²) >= 11 is 0. The van der Waals surface area contributed by atoms with Crippen molar-refractivity contribution in [3.63, 3.8) is 0 Å². The maximum absolute atomic E-state index is 12.2. The molecule has 0 radical (unpaired) electrons. The van der Waals surface area contributed by atoms with Gasteiger partial charge in [-0.15, -0.1) is 5.10 Å². The van der Waals surface area contributed by atoms with E-state index < -0.39 is 0 Å². The van der Waals surface area contributed by atoms with Gasteiger partial charge in [-0.1, -0.05) is 22.3 Å². The lowest BCUT2D eigenvalue weighted by Crippen LogP contribution is -2.14. The zero-order chi connectivity index (χ0) is 16.6. The Hall–Kier alpha value is -2.96. The molecule has 3 aromatic rings. The summed E-state index contributed by atoms with van der Waals surface area (Å²) in [7, 11) is 1.76. The monoisotopic (exact) mass is 311 g/mol. The van der Waals surface area contributed by atoms with Crippen molar-refractivity contribution in [2.24, 2.45) is 7.05 Å². The summed E-state index contributed by atoms with van der Waals surface area (Å²) in [5, 5.41) is 14.5. The summed E-state index contributed by atoms with van der Waals surface area (Å²) in [6.45, 7) is 5.81. The van der Waals surface area contributed by atoms with Gasteiger partial charge in [-0.25, -0.2) is 0 Å². The number of hydrogen-bond donors (Lipinski definition) is 1. The van der Waals surface area contributed by atoms with E-state index >= 15 is 0 Å². The third-order valence-electron chi connectivity index (χ3n) is 3.34. The second kappa shape index (κ2) is 5.68. The van der Waals surface area contributed by atoms with Crippen LogP contribution in [0.1, 0.15) is 27.2 Å². The highest BCUT2D eigenvalue weighted by molar-refractivity contribution is 6.02. The van der Waals surface area contributed by atoms with Gasteiger partial charge in [-0.2, -0.15) is 5.10 Å². The minimum Gasteiger partial charge on any atom is -0.403 e. The highest BCUT2D eigenvalue weighted by atomic mass is 16.4. The maximum atomic E-state index is 12.2. The summed E-state index contributed by atoms with van der Waals surface area (Å²) in [5.41, 5.74) is 4.14. The molecule has 23 heavy (non-hydrogen) atoms. The van der Waals surface area contributed by atoms with Crippen LogP contribution in [0.5, 0.6) is 0 Å². The van der Waals surface area contributed by atoms with Crippen molar-refractivity contribution in [1.29, 1.82) is 0 Å².